The molecular formula is C13H14N4S2. The average Bonchev–Trinajstić information content (AvgIpc) is 3.00. The zero-order chi connectivity index (χ0) is 13.5. The lowest BCUT2D eigenvalue weighted by Gasteiger charge is -2.24. The Balaban J connectivity index is 2.02. The predicted octanol–water partition coefficient (Wildman–Crippen LogP) is 3.80. The Morgan fingerprint density at radius 2 is 2.00 bits per heavy atom. The Labute approximate surface area is 119 Å². The van der Waals surface area contributed by atoms with E-state index >= 15 is 0 Å². The minimum Gasteiger partial charge on any atom is -0.357 e. The van der Waals surface area contributed by atoms with E-state index in [1.807, 2.05) is 11.6 Å². The van der Waals surface area contributed by atoms with Crippen molar-refractivity contribution < 1.29 is 0 Å². The lowest BCUT2D eigenvalue weighted by Crippen LogP contribution is -2.28. The van der Waals surface area contributed by atoms with Crippen LogP contribution in [0.15, 0.2) is 23.3 Å². The maximum absolute atomic E-state index is 4.39. The van der Waals surface area contributed by atoms with E-state index in [0.29, 0.717) is 0 Å². The Bertz CT molecular complexity index is 701. The summed E-state index contributed by atoms with van der Waals surface area (Å²) in [4.78, 5) is 13.1. The van der Waals surface area contributed by atoms with Crippen molar-refractivity contribution in [3.05, 3.63) is 33.9 Å². The van der Waals surface area contributed by atoms with E-state index in [0.717, 1.165) is 21.0 Å². The summed E-state index contributed by atoms with van der Waals surface area (Å²) in [6.45, 7) is 6.29. The van der Waals surface area contributed by atoms with Gasteiger partial charge in [0.25, 0.3) is 0 Å². The van der Waals surface area contributed by atoms with Gasteiger partial charge in [-0.2, -0.15) is 0 Å². The maximum Gasteiger partial charge on any atom is 0.148 e. The second-order valence-electron chi connectivity index (χ2n) is 4.91. The van der Waals surface area contributed by atoms with Crippen molar-refractivity contribution in [1.82, 2.24) is 15.0 Å². The van der Waals surface area contributed by atoms with E-state index in [1.165, 1.54) is 5.56 Å². The maximum atomic E-state index is 4.39. The summed E-state index contributed by atoms with van der Waals surface area (Å²) in [6.07, 6.45) is 3.44. The highest BCUT2D eigenvalue weighted by Crippen LogP contribution is 2.33. The average molecular weight is 290 g/mol. The molecule has 0 aliphatic rings. The van der Waals surface area contributed by atoms with Gasteiger partial charge in [-0.3, -0.25) is 0 Å². The van der Waals surface area contributed by atoms with Crippen molar-refractivity contribution in [2.75, 3.05) is 5.32 Å². The van der Waals surface area contributed by atoms with Crippen LogP contribution in [0.2, 0.25) is 0 Å². The van der Waals surface area contributed by atoms with E-state index in [4.69, 9.17) is 0 Å². The number of nitrogens with one attached hydrogen (secondary N) is 1. The van der Waals surface area contributed by atoms with Crippen LogP contribution in [0.4, 0.5) is 5.82 Å². The number of aromatic nitrogens is 3. The molecule has 0 atom stereocenters. The lowest BCUT2D eigenvalue weighted by atomic mass is 10.1. The summed E-state index contributed by atoms with van der Waals surface area (Å²) in [6, 6.07) is 0. The summed E-state index contributed by atoms with van der Waals surface area (Å²) in [5, 5.41) is 8.63. The first-order valence-electron chi connectivity index (χ1n) is 5.95. The number of hydrogen-bond acceptors (Lipinski definition) is 6. The Kier molecular flexibility index (Phi) is 2.99. The lowest BCUT2D eigenvalue weighted by molar-refractivity contribution is 0.602. The minimum absolute atomic E-state index is 0.243. The number of hydrogen-bond donors (Lipinski definition) is 1. The van der Waals surface area contributed by atoms with Gasteiger partial charge in [0.2, 0.25) is 0 Å². The molecule has 0 aromatic carbocycles. The molecule has 0 radical (unpaired) electrons. The third kappa shape index (κ3) is 2.21. The van der Waals surface area contributed by atoms with Gasteiger partial charge in [-0.15, -0.1) is 22.7 Å². The molecule has 0 bridgehead atoms. The summed E-state index contributed by atoms with van der Waals surface area (Å²) in [5.41, 5.74) is 1.97. The Morgan fingerprint density at radius 3 is 2.74 bits per heavy atom. The fraction of sp³-hybridized carbons (Fsp3) is 0.308. The fourth-order valence-corrected chi connectivity index (χ4v) is 3.60. The molecule has 6 heteroatoms. The van der Waals surface area contributed by atoms with Crippen molar-refractivity contribution in [3.8, 4) is 0 Å². The van der Waals surface area contributed by atoms with E-state index in [1.54, 1.807) is 29.0 Å². The SMILES string of the molecule is Cc1csc2c(NC(C)(C)c3nccs3)ncnc12. The highest BCUT2D eigenvalue weighted by atomic mass is 32.1. The van der Waals surface area contributed by atoms with Gasteiger partial charge >= 0.3 is 0 Å². The van der Waals surface area contributed by atoms with Crippen LogP contribution in [0, 0.1) is 6.92 Å². The molecule has 3 rings (SSSR count). The minimum atomic E-state index is -0.243. The molecule has 0 saturated heterocycles. The molecule has 98 valence electrons. The molecule has 0 aliphatic carbocycles. The van der Waals surface area contributed by atoms with Crippen molar-refractivity contribution in [2.24, 2.45) is 0 Å². The highest BCUT2D eigenvalue weighted by molar-refractivity contribution is 7.18. The van der Waals surface area contributed by atoms with Crippen LogP contribution in [0.1, 0.15) is 24.4 Å². The molecule has 4 nitrogen and oxygen atoms in total. The van der Waals surface area contributed by atoms with E-state index < -0.39 is 0 Å². The van der Waals surface area contributed by atoms with Gasteiger partial charge < -0.3 is 5.32 Å². The monoisotopic (exact) mass is 290 g/mol. The van der Waals surface area contributed by atoms with Crippen molar-refractivity contribution in [1.29, 1.82) is 0 Å². The predicted molar refractivity (Wildman–Crippen MR) is 80.9 cm³/mol. The summed E-state index contributed by atoms with van der Waals surface area (Å²) >= 11 is 3.32. The molecule has 0 fully saturated rings. The zero-order valence-corrected chi connectivity index (χ0v) is 12.6. The van der Waals surface area contributed by atoms with E-state index in [9.17, 15) is 0 Å². The number of rotatable bonds is 3. The largest absolute Gasteiger partial charge is 0.357 e. The van der Waals surface area contributed by atoms with Crippen LogP contribution in [0.5, 0.6) is 0 Å². The number of nitrogens with zero attached hydrogens (tertiary/aromatic N) is 3. The van der Waals surface area contributed by atoms with Crippen LogP contribution in [-0.2, 0) is 5.54 Å². The van der Waals surface area contributed by atoms with Crippen LogP contribution < -0.4 is 5.32 Å². The molecular weight excluding hydrogens is 276 g/mol. The molecule has 3 aromatic rings. The van der Waals surface area contributed by atoms with Crippen molar-refractivity contribution in [3.63, 3.8) is 0 Å². The highest BCUT2D eigenvalue weighted by Gasteiger charge is 2.24. The summed E-state index contributed by atoms with van der Waals surface area (Å²) in [7, 11) is 0. The summed E-state index contributed by atoms with van der Waals surface area (Å²) < 4.78 is 1.10. The third-order valence-corrected chi connectivity index (χ3v) is 5.12. The topological polar surface area (TPSA) is 50.7 Å². The first-order valence-corrected chi connectivity index (χ1v) is 7.71. The van der Waals surface area contributed by atoms with E-state index in [-0.39, 0.29) is 5.54 Å². The fourth-order valence-electron chi connectivity index (χ4n) is 1.94. The Hall–Kier alpha value is -1.53. The van der Waals surface area contributed by atoms with Gasteiger partial charge in [0.15, 0.2) is 0 Å². The van der Waals surface area contributed by atoms with Crippen LogP contribution in [0.25, 0.3) is 10.2 Å². The van der Waals surface area contributed by atoms with Gasteiger partial charge in [0.1, 0.15) is 17.2 Å². The quantitative estimate of drug-likeness (QED) is 0.797. The second kappa shape index (κ2) is 4.54. The molecule has 0 spiro atoms. The number of aryl methyl sites for hydroxylation is 1. The normalized spacial score (nSPS) is 11.9. The van der Waals surface area contributed by atoms with Crippen molar-refractivity contribution >= 4 is 38.7 Å². The number of thiazole rings is 1. The molecule has 19 heavy (non-hydrogen) atoms. The van der Waals surface area contributed by atoms with E-state index in [2.05, 4.69) is 46.4 Å². The van der Waals surface area contributed by atoms with Gasteiger partial charge in [-0.1, -0.05) is 0 Å². The molecule has 3 heterocycles. The molecule has 1 N–H and O–H groups in total. The second-order valence-corrected chi connectivity index (χ2v) is 6.68. The van der Waals surface area contributed by atoms with Gasteiger partial charge in [-0.05, 0) is 31.7 Å². The van der Waals surface area contributed by atoms with Crippen LogP contribution in [0.3, 0.4) is 0 Å². The first kappa shape index (κ1) is 12.5. The van der Waals surface area contributed by atoms with Gasteiger partial charge in [-0.25, -0.2) is 15.0 Å². The molecule has 0 unspecified atom stereocenters. The van der Waals surface area contributed by atoms with Crippen LogP contribution in [-0.4, -0.2) is 15.0 Å². The number of fused-ring (bicyclic) bond motifs is 1. The third-order valence-electron chi connectivity index (χ3n) is 2.93. The zero-order valence-electron chi connectivity index (χ0n) is 11.0. The van der Waals surface area contributed by atoms with Crippen molar-refractivity contribution in [2.45, 2.75) is 26.3 Å². The van der Waals surface area contributed by atoms with Crippen LogP contribution >= 0.6 is 22.7 Å². The molecule has 0 saturated carbocycles. The molecule has 0 amide bonds. The Morgan fingerprint density at radius 1 is 1.16 bits per heavy atom. The van der Waals surface area contributed by atoms with Gasteiger partial charge in [0.05, 0.1) is 15.8 Å². The number of thiophene rings is 1. The first-order chi connectivity index (χ1) is 9.08. The van der Waals surface area contributed by atoms with Gasteiger partial charge in [0, 0.05) is 11.6 Å². The standard InChI is InChI=1S/C13H14N4S2/c1-8-6-19-10-9(8)15-7-16-11(10)17-13(2,3)12-14-4-5-18-12/h4-7H,1-3H3,(H,15,16,17). The number of anilines is 1. The summed E-state index contributed by atoms with van der Waals surface area (Å²) in [5.74, 6) is 0.878. The smallest absolute Gasteiger partial charge is 0.148 e. The molecule has 0 aliphatic heterocycles. The molecule has 3 aromatic heterocycles.